The van der Waals surface area contributed by atoms with Crippen LogP contribution < -0.4 is 10.6 Å². The highest BCUT2D eigenvalue weighted by Gasteiger charge is 2.00. The fourth-order valence-electron chi connectivity index (χ4n) is 0.576. The lowest BCUT2D eigenvalue weighted by Crippen LogP contribution is -2.35. The number of hydrogen-bond acceptors (Lipinski definition) is 2. The minimum absolute atomic E-state index is 0.0611. The van der Waals surface area contributed by atoms with Crippen LogP contribution in [0.25, 0.3) is 0 Å². The first kappa shape index (κ1) is 12.0. The summed E-state index contributed by atoms with van der Waals surface area (Å²) in [5, 5.41) is 5.08. The van der Waals surface area contributed by atoms with E-state index >= 15 is 0 Å². The molecule has 0 rings (SSSR count). The van der Waals surface area contributed by atoms with Crippen LogP contribution in [0.3, 0.4) is 0 Å². The summed E-state index contributed by atoms with van der Waals surface area (Å²) in [5.74, 6) is -0.514. The number of hydrogen-bond donors (Lipinski definition) is 2. The molecule has 0 fully saturated rings. The van der Waals surface area contributed by atoms with Gasteiger partial charge in [0.25, 0.3) is 0 Å². The Balaban J connectivity index is 3.41. The average molecular weight is 205 g/mol. The molecule has 0 aliphatic carbocycles. The number of nitrogens with one attached hydrogen (secondary N) is 2. The second kappa shape index (κ2) is 6.48. The summed E-state index contributed by atoms with van der Waals surface area (Å²) in [4.78, 5) is 21.5. The summed E-state index contributed by atoms with van der Waals surface area (Å²) in [6, 6.07) is 0. The minimum Gasteiger partial charge on any atom is -0.353 e. The second-order valence-corrected chi connectivity index (χ2v) is 2.79. The van der Waals surface area contributed by atoms with Crippen molar-refractivity contribution in [1.82, 2.24) is 10.6 Å². The van der Waals surface area contributed by atoms with Gasteiger partial charge in [0.05, 0.1) is 0 Å². The Kier molecular flexibility index (Phi) is 5.97. The van der Waals surface area contributed by atoms with Crippen molar-refractivity contribution in [3.63, 3.8) is 0 Å². The maximum Gasteiger partial charge on any atom is 0.246 e. The third kappa shape index (κ3) is 6.16. The van der Waals surface area contributed by atoms with Crippen molar-refractivity contribution in [1.29, 1.82) is 0 Å². The summed E-state index contributed by atoms with van der Waals surface area (Å²) in [7, 11) is 0. The third-order valence-corrected chi connectivity index (χ3v) is 1.48. The fourth-order valence-corrected chi connectivity index (χ4v) is 0.671. The van der Waals surface area contributed by atoms with Crippen LogP contribution in [0.15, 0.2) is 12.2 Å². The topological polar surface area (TPSA) is 58.2 Å². The maximum absolute atomic E-state index is 10.9. The standard InChI is InChI=1S/C8H13ClN2O2/c1-6(2)8(13)11-4-3-10-7(12)5-9/h1,3-5H2,2H3,(H,10,12)(H,11,13). The van der Waals surface area contributed by atoms with E-state index in [1.54, 1.807) is 6.92 Å². The molecule has 0 aromatic heterocycles. The summed E-state index contributed by atoms with van der Waals surface area (Å²) < 4.78 is 0. The van der Waals surface area contributed by atoms with Crippen LogP contribution in [-0.2, 0) is 9.59 Å². The minimum atomic E-state index is -0.244. The van der Waals surface area contributed by atoms with Crippen molar-refractivity contribution in [2.24, 2.45) is 0 Å². The molecule has 5 heteroatoms. The quantitative estimate of drug-likeness (QED) is 0.377. The van der Waals surface area contributed by atoms with Crippen molar-refractivity contribution in [3.8, 4) is 0 Å². The number of halogens is 1. The lowest BCUT2D eigenvalue weighted by Gasteiger charge is -2.04. The molecule has 0 aromatic rings. The van der Waals surface area contributed by atoms with Crippen LogP contribution in [0.1, 0.15) is 6.92 Å². The zero-order valence-electron chi connectivity index (χ0n) is 7.52. The molecule has 2 amide bonds. The summed E-state index contributed by atoms with van der Waals surface area (Å²) in [6.07, 6.45) is 0. The highest BCUT2D eigenvalue weighted by Crippen LogP contribution is 1.83. The molecule has 0 saturated heterocycles. The van der Waals surface area contributed by atoms with E-state index in [-0.39, 0.29) is 17.7 Å². The largest absolute Gasteiger partial charge is 0.353 e. The molecule has 0 radical (unpaired) electrons. The molecule has 0 bridgehead atoms. The van der Waals surface area contributed by atoms with E-state index in [2.05, 4.69) is 17.2 Å². The van der Waals surface area contributed by atoms with E-state index in [0.717, 1.165) is 0 Å². The molecular formula is C8H13ClN2O2. The van der Waals surface area contributed by atoms with Crippen LogP contribution >= 0.6 is 11.6 Å². The predicted molar refractivity (Wildman–Crippen MR) is 51.6 cm³/mol. The van der Waals surface area contributed by atoms with Crippen molar-refractivity contribution in [3.05, 3.63) is 12.2 Å². The van der Waals surface area contributed by atoms with Crippen molar-refractivity contribution in [2.45, 2.75) is 6.92 Å². The Hall–Kier alpha value is -1.03. The summed E-state index contributed by atoms with van der Waals surface area (Å²) in [6.45, 7) is 5.85. The molecule has 0 aliphatic rings. The summed E-state index contributed by atoms with van der Waals surface area (Å²) >= 11 is 5.23. The zero-order valence-corrected chi connectivity index (χ0v) is 8.28. The Labute approximate surface area is 82.3 Å². The van der Waals surface area contributed by atoms with E-state index < -0.39 is 0 Å². The van der Waals surface area contributed by atoms with E-state index in [1.807, 2.05) is 0 Å². The van der Waals surface area contributed by atoms with E-state index in [9.17, 15) is 9.59 Å². The van der Waals surface area contributed by atoms with Crippen LogP contribution in [0, 0.1) is 0 Å². The van der Waals surface area contributed by atoms with Crippen LogP contribution in [-0.4, -0.2) is 30.8 Å². The van der Waals surface area contributed by atoms with Crippen LogP contribution in [0.5, 0.6) is 0 Å². The van der Waals surface area contributed by atoms with Gasteiger partial charge in [0.1, 0.15) is 5.88 Å². The van der Waals surface area contributed by atoms with Crippen molar-refractivity contribution in [2.75, 3.05) is 19.0 Å². The first-order chi connectivity index (χ1) is 6.07. The SMILES string of the molecule is C=C(C)C(=O)NCCNC(=O)CCl. The van der Waals surface area contributed by atoms with E-state index in [1.165, 1.54) is 0 Å². The molecule has 74 valence electrons. The van der Waals surface area contributed by atoms with Gasteiger partial charge in [0.15, 0.2) is 0 Å². The fraction of sp³-hybridized carbons (Fsp3) is 0.500. The normalized spacial score (nSPS) is 9.08. The molecule has 0 spiro atoms. The van der Waals surface area contributed by atoms with Gasteiger partial charge in [0, 0.05) is 18.7 Å². The Morgan fingerprint density at radius 3 is 2.31 bits per heavy atom. The first-order valence-electron chi connectivity index (χ1n) is 3.84. The van der Waals surface area contributed by atoms with E-state index in [0.29, 0.717) is 18.7 Å². The predicted octanol–water partition coefficient (Wildman–Crippen LogP) is 0.0337. The van der Waals surface area contributed by atoms with Crippen molar-refractivity contribution >= 4 is 23.4 Å². The molecule has 0 saturated carbocycles. The van der Waals surface area contributed by atoms with Crippen molar-refractivity contribution < 1.29 is 9.59 Å². The molecule has 0 atom stereocenters. The maximum atomic E-state index is 10.9. The van der Waals surface area contributed by atoms with Gasteiger partial charge in [-0.15, -0.1) is 11.6 Å². The van der Waals surface area contributed by atoms with Crippen LogP contribution in [0.2, 0.25) is 0 Å². The average Bonchev–Trinajstić information content (AvgIpc) is 2.11. The van der Waals surface area contributed by atoms with Gasteiger partial charge in [-0.1, -0.05) is 6.58 Å². The molecular weight excluding hydrogens is 192 g/mol. The Bertz CT molecular complexity index is 216. The van der Waals surface area contributed by atoms with Gasteiger partial charge in [-0.2, -0.15) is 0 Å². The smallest absolute Gasteiger partial charge is 0.246 e. The monoisotopic (exact) mass is 204 g/mol. The van der Waals surface area contributed by atoms with Gasteiger partial charge in [0.2, 0.25) is 11.8 Å². The number of carbonyl (C=O) groups excluding carboxylic acids is 2. The van der Waals surface area contributed by atoms with Gasteiger partial charge in [-0.3, -0.25) is 9.59 Å². The first-order valence-corrected chi connectivity index (χ1v) is 4.37. The molecule has 13 heavy (non-hydrogen) atoms. The lowest BCUT2D eigenvalue weighted by molar-refractivity contribution is -0.119. The molecule has 4 nitrogen and oxygen atoms in total. The highest BCUT2D eigenvalue weighted by molar-refractivity contribution is 6.27. The Morgan fingerprint density at radius 1 is 1.31 bits per heavy atom. The molecule has 0 aromatic carbocycles. The van der Waals surface area contributed by atoms with Gasteiger partial charge < -0.3 is 10.6 Å². The van der Waals surface area contributed by atoms with Gasteiger partial charge in [-0.25, -0.2) is 0 Å². The molecule has 0 aliphatic heterocycles. The zero-order chi connectivity index (χ0) is 10.3. The number of rotatable bonds is 5. The molecule has 2 N–H and O–H groups in total. The number of carbonyl (C=O) groups is 2. The number of amides is 2. The molecule has 0 heterocycles. The van der Waals surface area contributed by atoms with Gasteiger partial charge >= 0.3 is 0 Å². The van der Waals surface area contributed by atoms with Crippen LogP contribution in [0.4, 0.5) is 0 Å². The Morgan fingerprint density at radius 2 is 1.85 bits per heavy atom. The van der Waals surface area contributed by atoms with E-state index in [4.69, 9.17) is 11.6 Å². The second-order valence-electron chi connectivity index (χ2n) is 2.52. The van der Waals surface area contributed by atoms with Gasteiger partial charge in [-0.05, 0) is 6.92 Å². The highest BCUT2D eigenvalue weighted by atomic mass is 35.5. The summed E-state index contributed by atoms with van der Waals surface area (Å²) in [5.41, 5.74) is 0.448. The third-order valence-electron chi connectivity index (χ3n) is 1.24. The lowest BCUT2D eigenvalue weighted by atomic mass is 10.3. The molecule has 0 unspecified atom stereocenters. The number of alkyl halides is 1.